The number of amides is 1. The maximum atomic E-state index is 11.9. The van der Waals surface area contributed by atoms with Crippen LogP contribution in [0.15, 0.2) is 41.5 Å². The number of nitrogens with zero attached hydrogens (tertiary/aromatic N) is 1. The first-order chi connectivity index (χ1) is 10.6. The Labute approximate surface area is 130 Å². The first kappa shape index (κ1) is 14.2. The monoisotopic (exact) mass is 318 g/mol. The molecule has 3 rings (SSSR count). The second kappa shape index (κ2) is 5.95. The molecule has 0 saturated heterocycles. The molecule has 0 bridgehead atoms. The summed E-state index contributed by atoms with van der Waals surface area (Å²) in [5.74, 6) is 0.704. The number of phenols is 1. The minimum atomic E-state index is -0.442. The minimum Gasteiger partial charge on any atom is -0.506 e. The Hall–Kier alpha value is -2.73. The summed E-state index contributed by atoms with van der Waals surface area (Å²) >= 11 is 5.75. The number of ether oxygens (including phenoxy) is 2. The fourth-order valence-corrected chi connectivity index (χ4v) is 2.11. The molecule has 1 heterocycles. The number of aromatic hydroxyl groups is 1. The van der Waals surface area contributed by atoms with E-state index in [1.165, 1.54) is 24.4 Å². The molecule has 0 unspecified atom stereocenters. The highest BCUT2D eigenvalue weighted by molar-refractivity contribution is 6.32. The fraction of sp³-hybridized carbons (Fsp3) is 0.0667. The van der Waals surface area contributed by atoms with E-state index in [0.717, 1.165) is 0 Å². The summed E-state index contributed by atoms with van der Waals surface area (Å²) in [6.45, 7) is 0.165. The van der Waals surface area contributed by atoms with Crippen molar-refractivity contribution in [3.63, 3.8) is 0 Å². The number of carbonyl (C=O) groups excluding carboxylic acids is 1. The lowest BCUT2D eigenvalue weighted by Gasteiger charge is -2.02. The van der Waals surface area contributed by atoms with Crippen LogP contribution >= 0.6 is 11.6 Å². The number of benzene rings is 2. The Morgan fingerprint density at radius 2 is 2.18 bits per heavy atom. The van der Waals surface area contributed by atoms with Crippen LogP contribution in [0.3, 0.4) is 0 Å². The van der Waals surface area contributed by atoms with Gasteiger partial charge in [-0.25, -0.2) is 5.43 Å². The molecule has 2 aromatic carbocycles. The third-order valence-corrected chi connectivity index (χ3v) is 3.31. The van der Waals surface area contributed by atoms with E-state index in [1.54, 1.807) is 18.2 Å². The number of fused-ring (bicyclic) bond motifs is 1. The van der Waals surface area contributed by atoms with Gasteiger partial charge in [-0.1, -0.05) is 17.7 Å². The Morgan fingerprint density at radius 1 is 1.32 bits per heavy atom. The lowest BCUT2D eigenvalue weighted by Crippen LogP contribution is -2.17. The van der Waals surface area contributed by atoms with Crippen LogP contribution < -0.4 is 14.9 Å². The van der Waals surface area contributed by atoms with Gasteiger partial charge in [-0.05, 0) is 30.3 Å². The number of phenolic OH excluding ortho intramolecular Hbond substituents is 1. The molecule has 0 saturated carbocycles. The third-order valence-electron chi connectivity index (χ3n) is 3.01. The molecule has 0 fully saturated rings. The van der Waals surface area contributed by atoms with E-state index in [2.05, 4.69) is 10.5 Å². The Kier molecular flexibility index (Phi) is 3.84. The number of carbonyl (C=O) groups is 1. The zero-order valence-electron chi connectivity index (χ0n) is 11.2. The summed E-state index contributed by atoms with van der Waals surface area (Å²) < 4.78 is 10.6. The van der Waals surface area contributed by atoms with Gasteiger partial charge < -0.3 is 14.6 Å². The highest BCUT2D eigenvalue weighted by Gasteiger charge is 2.16. The highest BCUT2D eigenvalue weighted by atomic mass is 35.5. The van der Waals surface area contributed by atoms with E-state index in [9.17, 15) is 9.90 Å². The van der Waals surface area contributed by atoms with Crippen molar-refractivity contribution in [2.45, 2.75) is 0 Å². The number of hydrazone groups is 1. The van der Waals surface area contributed by atoms with E-state index in [1.807, 2.05) is 0 Å². The van der Waals surface area contributed by atoms with Gasteiger partial charge in [0, 0.05) is 11.1 Å². The summed E-state index contributed by atoms with van der Waals surface area (Å²) in [4.78, 5) is 11.9. The van der Waals surface area contributed by atoms with Crippen LogP contribution in [0.4, 0.5) is 0 Å². The van der Waals surface area contributed by atoms with Gasteiger partial charge in [0.05, 0.1) is 11.2 Å². The Bertz CT molecular complexity index is 761. The van der Waals surface area contributed by atoms with Crippen molar-refractivity contribution >= 4 is 23.7 Å². The lowest BCUT2D eigenvalue weighted by atomic mass is 10.2. The maximum Gasteiger partial charge on any atom is 0.271 e. The molecule has 0 aliphatic carbocycles. The van der Waals surface area contributed by atoms with Gasteiger partial charge in [0.15, 0.2) is 11.5 Å². The van der Waals surface area contributed by atoms with Gasteiger partial charge in [0.1, 0.15) is 5.75 Å². The van der Waals surface area contributed by atoms with E-state index in [0.29, 0.717) is 17.1 Å². The second-order valence-corrected chi connectivity index (χ2v) is 4.85. The van der Waals surface area contributed by atoms with Crippen LogP contribution in [0, 0.1) is 0 Å². The molecule has 1 aliphatic rings. The number of hydrogen-bond donors (Lipinski definition) is 2. The van der Waals surface area contributed by atoms with Gasteiger partial charge >= 0.3 is 0 Å². The smallest absolute Gasteiger partial charge is 0.271 e. The quantitative estimate of drug-likeness (QED) is 0.673. The number of para-hydroxylation sites is 1. The molecule has 2 aromatic rings. The predicted octanol–water partition coefficient (Wildman–Crippen LogP) is 2.54. The zero-order valence-corrected chi connectivity index (χ0v) is 12.0. The van der Waals surface area contributed by atoms with Gasteiger partial charge in [-0.2, -0.15) is 5.10 Å². The SMILES string of the molecule is O=C(NN=Cc1cccc2c1OCO2)c1ccc(O)c(Cl)c1. The van der Waals surface area contributed by atoms with Crippen molar-refractivity contribution in [3.8, 4) is 17.2 Å². The van der Waals surface area contributed by atoms with Crippen LogP contribution in [-0.2, 0) is 0 Å². The molecule has 22 heavy (non-hydrogen) atoms. The summed E-state index contributed by atoms with van der Waals surface area (Å²) in [5.41, 5.74) is 3.36. The van der Waals surface area contributed by atoms with Crippen molar-refractivity contribution < 1.29 is 19.4 Å². The van der Waals surface area contributed by atoms with Gasteiger partial charge in [-0.3, -0.25) is 4.79 Å². The van der Waals surface area contributed by atoms with E-state index < -0.39 is 5.91 Å². The number of hydrogen-bond acceptors (Lipinski definition) is 5. The topological polar surface area (TPSA) is 80.2 Å². The first-order valence-corrected chi connectivity index (χ1v) is 6.73. The molecule has 0 spiro atoms. The standard InChI is InChI=1S/C15H11ClN2O4/c16-11-6-9(4-5-12(11)19)15(20)18-17-7-10-2-1-3-13-14(10)22-8-21-13/h1-7,19H,8H2,(H,18,20). The molecule has 112 valence electrons. The molecular weight excluding hydrogens is 308 g/mol. The highest BCUT2D eigenvalue weighted by Crippen LogP contribution is 2.34. The second-order valence-electron chi connectivity index (χ2n) is 4.45. The zero-order chi connectivity index (χ0) is 15.5. The summed E-state index contributed by atoms with van der Waals surface area (Å²) in [6, 6.07) is 9.53. The van der Waals surface area contributed by atoms with Gasteiger partial charge in [0.25, 0.3) is 5.91 Å². The predicted molar refractivity (Wildman–Crippen MR) is 80.7 cm³/mol. The molecular formula is C15H11ClN2O4. The third kappa shape index (κ3) is 2.82. The minimum absolute atomic E-state index is 0.0845. The van der Waals surface area contributed by atoms with Crippen LogP contribution in [-0.4, -0.2) is 24.0 Å². The molecule has 0 radical (unpaired) electrons. The van der Waals surface area contributed by atoms with E-state index in [4.69, 9.17) is 21.1 Å². The number of nitrogens with one attached hydrogen (secondary N) is 1. The molecule has 1 aliphatic heterocycles. The van der Waals surface area contributed by atoms with Crippen LogP contribution in [0.5, 0.6) is 17.2 Å². The fourth-order valence-electron chi connectivity index (χ4n) is 1.93. The van der Waals surface area contributed by atoms with Gasteiger partial charge in [-0.15, -0.1) is 0 Å². The summed E-state index contributed by atoms with van der Waals surface area (Å²) in [7, 11) is 0. The van der Waals surface area contributed by atoms with E-state index >= 15 is 0 Å². The van der Waals surface area contributed by atoms with Gasteiger partial charge in [0.2, 0.25) is 6.79 Å². The number of halogens is 1. The molecule has 0 aromatic heterocycles. The largest absolute Gasteiger partial charge is 0.506 e. The van der Waals surface area contributed by atoms with Crippen molar-refractivity contribution in [2.75, 3.05) is 6.79 Å². The normalized spacial score (nSPS) is 12.6. The molecule has 1 amide bonds. The summed E-state index contributed by atoms with van der Waals surface area (Å²) in [5, 5.41) is 13.3. The van der Waals surface area contributed by atoms with Crippen LogP contribution in [0.25, 0.3) is 0 Å². The average Bonchev–Trinajstić information content (AvgIpc) is 2.99. The molecule has 2 N–H and O–H groups in total. The van der Waals surface area contributed by atoms with E-state index in [-0.39, 0.29) is 23.1 Å². The van der Waals surface area contributed by atoms with Crippen molar-refractivity contribution in [1.29, 1.82) is 0 Å². The lowest BCUT2D eigenvalue weighted by molar-refractivity contribution is 0.0955. The molecule has 7 heteroatoms. The van der Waals surface area contributed by atoms with Crippen molar-refractivity contribution in [1.82, 2.24) is 5.43 Å². The first-order valence-electron chi connectivity index (χ1n) is 6.35. The summed E-state index contributed by atoms with van der Waals surface area (Å²) in [6.07, 6.45) is 1.47. The van der Waals surface area contributed by atoms with Crippen molar-refractivity contribution in [2.24, 2.45) is 5.10 Å². The average molecular weight is 319 g/mol. The Balaban J connectivity index is 1.71. The van der Waals surface area contributed by atoms with Crippen molar-refractivity contribution in [3.05, 3.63) is 52.5 Å². The van der Waals surface area contributed by atoms with Crippen LogP contribution in [0.1, 0.15) is 15.9 Å². The molecule has 0 atom stereocenters. The Morgan fingerprint density at radius 3 is 3.00 bits per heavy atom. The number of rotatable bonds is 3. The maximum absolute atomic E-state index is 11.9. The molecule has 6 nitrogen and oxygen atoms in total. The van der Waals surface area contributed by atoms with Crippen LogP contribution in [0.2, 0.25) is 5.02 Å².